The summed E-state index contributed by atoms with van der Waals surface area (Å²) < 4.78 is 14.1. The second kappa shape index (κ2) is 8.11. The molecule has 4 heteroatoms. The highest BCUT2D eigenvalue weighted by Crippen LogP contribution is 2.65. The first-order chi connectivity index (χ1) is 15.2. The van der Waals surface area contributed by atoms with E-state index in [1.54, 1.807) is 18.2 Å². The summed E-state index contributed by atoms with van der Waals surface area (Å²) in [6, 6.07) is 6.32. The number of carbonyl (C=O) groups excluding carboxylic acids is 1. The summed E-state index contributed by atoms with van der Waals surface area (Å²) in [7, 11) is 0. The van der Waals surface area contributed by atoms with Crippen molar-refractivity contribution < 1.29 is 14.3 Å². The summed E-state index contributed by atoms with van der Waals surface area (Å²) in [6.07, 6.45) is 10.7. The molecule has 5 rings (SSSR count). The molecule has 0 saturated heterocycles. The van der Waals surface area contributed by atoms with Crippen molar-refractivity contribution in [2.24, 2.45) is 40.9 Å². The van der Waals surface area contributed by atoms with E-state index in [9.17, 15) is 14.3 Å². The maximum atomic E-state index is 14.1. The number of nitrogens with one attached hydrogen (secondary N) is 1. The van der Waals surface area contributed by atoms with Gasteiger partial charge >= 0.3 is 0 Å². The van der Waals surface area contributed by atoms with E-state index in [1.165, 1.54) is 44.6 Å². The Morgan fingerprint density at radius 2 is 1.78 bits per heavy atom. The van der Waals surface area contributed by atoms with Crippen LogP contribution in [0.25, 0.3) is 0 Å². The van der Waals surface area contributed by atoms with Gasteiger partial charge in [0.25, 0.3) is 5.91 Å². The molecule has 3 nitrogen and oxygen atoms in total. The van der Waals surface area contributed by atoms with Crippen molar-refractivity contribution in [2.45, 2.75) is 90.2 Å². The van der Waals surface area contributed by atoms with Crippen molar-refractivity contribution in [3.05, 3.63) is 35.6 Å². The summed E-state index contributed by atoms with van der Waals surface area (Å²) in [6.45, 7) is 6.64. The summed E-state index contributed by atoms with van der Waals surface area (Å²) in [5.41, 5.74) is -0.0494. The van der Waals surface area contributed by atoms with Gasteiger partial charge < -0.3 is 10.4 Å². The fourth-order valence-corrected chi connectivity index (χ4v) is 8.97. The smallest absolute Gasteiger partial charge is 0.254 e. The number of halogens is 1. The van der Waals surface area contributed by atoms with Gasteiger partial charge in [0.15, 0.2) is 0 Å². The predicted molar refractivity (Wildman–Crippen MR) is 125 cm³/mol. The number of rotatable bonds is 3. The molecule has 32 heavy (non-hydrogen) atoms. The zero-order valence-electron chi connectivity index (χ0n) is 19.9. The zero-order chi connectivity index (χ0) is 22.7. The Kier molecular flexibility index (Phi) is 5.67. The van der Waals surface area contributed by atoms with Crippen LogP contribution < -0.4 is 5.32 Å². The van der Waals surface area contributed by atoms with E-state index in [-0.39, 0.29) is 22.9 Å². The lowest BCUT2D eigenvalue weighted by atomic mass is 9.49. The van der Waals surface area contributed by atoms with E-state index in [0.29, 0.717) is 11.8 Å². The molecule has 0 spiro atoms. The van der Waals surface area contributed by atoms with Crippen molar-refractivity contribution >= 4 is 5.91 Å². The van der Waals surface area contributed by atoms with Crippen molar-refractivity contribution in [1.82, 2.24) is 5.32 Å². The van der Waals surface area contributed by atoms with Gasteiger partial charge in [-0.3, -0.25) is 4.79 Å². The van der Waals surface area contributed by atoms with Crippen LogP contribution in [0.1, 0.15) is 88.9 Å². The van der Waals surface area contributed by atoms with Crippen LogP contribution in [-0.2, 0) is 0 Å². The van der Waals surface area contributed by atoms with Crippen molar-refractivity contribution in [2.75, 3.05) is 0 Å². The molecule has 0 aromatic heterocycles. The number of hydrogen-bond acceptors (Lipinski definition) is 2. The highest BCUT2D eigenvalue weighted by atomic mass is 19.1. The van der Waals surface area contributed by atoms with Crippen LogP contribution in [0.4, 0.5) is 4.39 Å². The quantitative estimate of drug-likeness (QED) is 0.608. The lowest BCUT2D eigenvalue weighted by Gasteiger charge is -2.57. The Morgan fingerprint density at radius 3 is 2.56 bits per heavy atom. The molecule has 1 aromatic carbocycles. The normalized spacial score (nSPS) is 44.2. The lowest BCUT2D eigenvalue weighted by molar-refractivity contribution is -0.101. The van der Waals surface area contributed by atoms with Crippen LogP contribution in [0.5, 0.6) is 0 Å². The standard InChI is InChI=1S/C28H40FNO2/c1-17(30-26(31)22-6-4-5-7-25(22)29)23-10-11-24-21-9-8-18-16-27(2,32)14-12-19(18)20(21)13-15-28(23,24)3/h4-7,17-21,23-24,32H,8-16H2,1-3H3,(H,30,31)/t17-,18+,19-,20+,21+,23?,24-,27+,28+/m0/s1. The minimum absolute atomic E-state index is 0.0507. The van der Waals surface area contributed by atoms with Gasteiger partial charge in [0, 0.05) is 6.04 Å². The summed E-state index contributed by atoms with van der Waals surface area (Å²) >= 11 is 0. The van der Waals surface area contributed by atoms with Crippen molar-refractivity contribution in [3.63, 3.8) is 0 Å². The molecule has 4 fully saturated rings. The first kappa shape index (κ1) is 22.4. The molecule has 1 unspecified atom stereocenters. The monoisotopic (exact) mass is 441 g/mol. The molecule has 4 aliphatic carbocycles. The summed E-state index contributed by atoms with van der Waals surface area (Å²) in [4.78, 5) is 12.8. The average Bonchev–Trinajstić information content (AvgIpc) is 3.10. The van der Waals surface area contributed by atoms with Crippen LogP contribution in [-0.4, -0.2) is 22.7 Å². The second-order valence-electron chi connectivity index (χ2n) is 12.1. The Morgan fingerprint density at radius 1 is 1.03 bits per heavy atom. The number of benzene rings is 1. The third-order valence-electron chi connectivity index (χ3n) is 10.4. The first-order valence-corrected chi connectivity index (χ1v) is 13.0. The number of carbonyl (C=O) groups is 1. The van der Waals surface area contributed by atoms with Gasteiger partial charge in [-0.1, -0.05) is 19.1 Å². The maximum absolute atomic E-state index is 14.1. The Balaban J connectivity index is 1.29. The molecule has 4 aliphatic rings. The minimum atomic E-state index is -0.457. The molecule has 2 N–H and O–H groups in total. The van der Waals surface area contributed by atoms with Crippen LogP contribution in [0.3, 0.4) is 0 Å². The lowest BCUT2D eigenvalue weighted by Crippen LogP contribution is -2.52. The number of aliphatic hydroxyl groups is 1. The Labute approximate surface area is 192 Å². The van der Waals surface area contributed by atoms with Crippen LogP contribution in [0, 0.1) is 46.7 Å². The van der Waals surface area contributed by atoms with E-state index in [2.05, 4.69) is 19.2 Å². The average molecular weight is 442 g/mol. The van der Waals surface area contributed by atoms with E-state index < -0.39 is 11.4 Å². The Bertz CT molecular complexity index is 869. The minimum Gasteiger partial charge on any atom is -0.390 e. The molecule has 0 aliphatic heterocycles. The topological polar surface area (TPSA) is 49.3 Å². The fourth-order valence-electron chi connectivity index (χ4n) is 8.97. The second-order valence-corrected chi connectivity index (χ2v) is 12.1. The molecule has 1 aromatic rings. The SMILES string of the molecule is C[C@H](NC(=O)c1ccccc1F)C1CC[C@H]2[C@@H]3CC[C@@H]4C[C@](C)(O)CC[C@@H]4[C@H]3CC[C@]12C. The molecule has 4 saturated carbocycles. The van der Waals surface area contributed by atoms with E-state index >= 15 is 0 Å². The number of fused-ring (bicyclic) bond motifs is 5. The molecular formula is C28H40FNO2. The fraction of sp³-hybridized carbons (Fsp3) is 0.750. The Hall–Kier alpha value is -1.42. The van der Waals surface area contributed by atoms with Gasteiger partial charge in [-0.25, -0.2) is 4.39 Å². The van der Waals surface area contributed by atoms with Gasteiger partial charge in [0.2, 0.25) is 0 Å². The van der Waals surface area contributed by atoms with Crippen molar-refractivity contribution in [1.29, 1.82) is 0 Å². The summed E-state index contributed by atoms with van der Waals surface area (Å²) in [5, 5.41) is 13.8. The van der Waals surface area contributed by atoms with E-state index in [4.69, 9.17) is 0 Å². The molecule has 176 valence electrons. The van der Waals surface area contributed by atoms with Gasteiger partial charge in [-0.15, -0.1) is 0 Å². The number of amides is 1. The zero-order valence-corrected chi connectivity index (χ0v) is 19.9. The third kappa shape index (κ3) is 3.71. The van der Waals surface area contributed by atoms with Gasteiger partial charge in [0.05, 0.1) is 11.2 Å². The van der Waals surface area contributed by atoms with E-state index in [1.807, 2.05) is 6.92 Å². The van der Waals surface area contributed by atoms with Crippen molar-refractivity contribution in [3.8, 4) is 0 Å². The molecule has 9 atom stereocenters. The van der Waals surface area contributed by atoms with Gasteiger partial charge in [0.1, 0.15) is 5.82 Å². The summed E-state index contributed by atoms with van der Waals surface area (Å²) in [5.74, 6) is 3.60. The van der Waals surface area contributed by atoms with Crippen LogP contribution in [0.2, 0.25) is 0 Å². The molecular weight excluding hydrogens is 401 g/mol. The maximum Gasteiger partial charge on any atom is 0.254 e. The third-order valence-corrected chi connectivity index (χ3v) is 10.4. The van der Waals surface area contributed by atoms with Gasteiger partial charge in [-0.05, 0) is 125 Å². The highest BCUT2D eigenvalue weighted by Gasteiger charge is 2.58. The molecule has 0 radical (unpaired) electrons. The van der Waals surface area contributed by atoms with Gasteiger partial charge in [-0.2, -0.15) is 0 Å². The van der Waals surface area contributed by atoms with Crippen LogP contribution >= 0.6 is 0 Å². The van der Waals surface area contributed by atoms with E-state index in [0.717, 1.165) is 42.9 Å². The molecule has 0 bridgehead atoms. The predicted octanol–water partition coefficient (Wildman–Crippen LogP) is 5.96. The molecule has 0 heterocycles. The largest absolute Gasteiger partial charge is 0.390 e. The molecule has 1 amide bonds. The number of hydrogen-bond donors (Lipinski definition) is 2. The highest BCUT2D eigenvalue weighted by molar-refractivity contribution is 5.94. The first-order valence-electron chi connectivity index (χ1n) is 13.0. The van der Waals surface area contributed by atoms with Crippen LogP contribution in [0.15, 0.2) is 24.3 Å².